The van der Waals surface area contributed by atoms with Crippen molar-refractivity contribution in [2.45, 2.75) is 26.8 Å². The second-order valence-electron chi connectivity index (χ2n) is 5.74. The fraction of sp³-hybridized carbons (Fsp3) is 0.500. The molecule has 0 aliphatic carbocycles. The summed E-state index contributed by atoms with van der Waals surface area (Å²) in [6.45, 7) is 7.84. The highest BCUT2D eigenvalue weighted by atomic mass is 16.2. The van der Waals surface area contributed by atoms with Gasteiger partial charge in [-0.2, -0.15) is 0 Å². The maximum absolute atomic E-state index is 8.79. The van der Waals surface area contributed by atoms with E-state index < -0.39 is 0 Å². The van der Waals surface area contributed by atoms with Crippen LogP contribution in [0.1, 0.15) is 31.4 Å². The van der Waals surface area contributed by atoms with Gasteiger partial charge in [0, 0.05) is 18.7 Å². The maximum atomic E-state index is 8.79. The summed E-state index contributed by atoms with van der Waals surface area (Å²) in [6.07, 6.45) is 1.26. The van der Waals surface area contributed by atoms with Gasteiger partial charge < -0.3 is 5.11 Å². The molecule has 96 valence electrons. The summed E-state index contributed by atoms with van der Waals surface area (Å²) >= 11 is 0. The Morgan fingerprint density at radius 2 is 2.11 bits per heavy atom. The summed E-state index contributed by atoms with van der Waals surface area (Å²) in [7, 11) is 0. The van der Waals surface area contributed by atoms with Gasteiger partial charge >= 0.3 is 0 Å². The average Bonchev–Trinajstić information content (AvgIpc) is 2.68. The number of likely N-dealkylation sites (tertiary alicyclic amines) is 1. The van der Waals surface area contributed by atoms with Crippen LogP contribution in [0.15, 0.2) is 24.3 Å². The van der Waals surface area contributed by atoms with Crippen LogP contribution in [0.5, 0.6) is 0 Å². The molecule has 0 unspecified atom stereocenters. The van der Waals surface area contributed by atoms with Crippen molar-refractivity contribution in [3.63, 3.8) is 0 Å². The third-order valence-electron chi connectivity index (χ3n) is 3.47. The summed E-state index contributed by atoms with van der Waals surface area (Å²) in [5.74, 6) is 5.76. The van der Waals surface area contributed by atoms with Crippen LogP contribution in [0.25, 0.3) is 0 Å². The standard InChI is InChI=1S/C16H21NO/c1-16(2)9-10-17(13-16)12-15-7-4-3-6-14(15)8-5-11-18/h3-4,6-7,18H,9-13H2,1-2H3. The normalized spacial score (nSPS) is 18.4. The van der Waals surface area contributed by atoms with E-state index in [0.29, 0.717) is 5.41 Å². The van der Waals surface area contributed by atoms with E-state index in [9.17, 15) is 0 Å². The third-order valence-corrected chi connectivity index (χ3v) is 3.47. The highest BCUT2D eigenvalue weighted by molar-refractivity contribution is 5.41. The van der Waals surface area contributed by atoms with Crippen LogP contribution in [0.4, 0.5) is 0 Å². The van der Waals surface area contributed by atoms with Gasteiger partial charge in [0.15, 0.2) is 0 Å². The number of benzene rings is 1. The topological polar surface area (TPSA) is 23.5 Å². The van der Waals surface area contributed by atoms with E-state index in [4.69, 9.17) is 5.11 Å². The Kier molecular flexibility index (Phi) is 4.06. The van der Waals surface area contributed by atoms with Gasteiger partial charge in [-0.3, -0.25) is 4.90 Å². The molecule has 0 spiro atoms. The smallest absolute Gasteiger partial charge is 0.104 e. The second kappa shape index (κ2) is 5.56. The van der Waals surface area contributed by atoms with Crippen LogP contribution in [-0.2, 0) is 6.54 Å². The minimum Gasteiger partial charge on any atom is -0.384 e. The number of aliphatic hydroxyl groups excluding tert-OH is 1. The van der Waals surface area contributed by atoms with Crippen LogP contribution in [0, 0.1) is 17.3 Å². The molecule has 18 heavy (non-hydrogen) atoms. The molecule has 1 aliphatic heterocycles. The molecule has 2 rings (SSSR count). The SMILES string of the molecule is CC1(C)CCN(Cc2ccccc2C#CCO)C1. The first-order valence-electron chi connectivity index (χ1n) is 6.51. The fourth-order valence-electron chi connectivity index (χ4n) is 2.51. The predicted octanol–water partition coefficient (Wildman–Crippen LogP) is 2.26. The molecule has 1 saturated heterocycles. The first kappa shape index (κ1) is 13.1. The summed E-state index contributed by atoms with van der Waals surface area (Å²) in [6, 6.07) is 8.21. The minimum absolute atomic E-state index is 0.0783. The largest absolute Gasteiger partial charge is 0.384 e. The van der Waals surface area contributed by atoms with Crippen LogP contribution in [-0.4, -0.2) is 29.7 Å². The summed E-state index contributed by atoms with van der Waals surface area (Å²) in [5.41, 5.74) is 2.73. The molecule has 2 heteroatoms. The van der Waals surface area contributed by atoms with E-state index in [-0.39, 0.29) is 6.61 Å². The minimum atomic E-state index is -0.0783. The van der Waals surface area contributed by atoms with Gasteiger partial charge in [-0.1, -0.05) is 43.9 Å². The van der Waals surface area contributed by atoms with Gasteiger partial charge in [0.05, 0.1) is 0 Å². The fourth-order valence-corrected chi connectivity index (χ4v) is 2.51. The van der Waals surface area contributed by atoms with E-state index in [1.807, 2.05) is 12.1 Å². The van der Waals surface area contributed by atoms with Crippen molar-refractivity contribution in [2.75, 3.05) is 19.7 Å². The highest BCUT2D eigenvalue weighted by Gasteiger charge is 2.29. The van der Waals surface area contributed by atoms with Crippen molar-refractivity contribution in [2.24, 2.45) is 5.41 Å². The van der Waals surface area contributed by atoms with Gasteiger partial charge in [0.1, 0.15) is 6.61 Å². The van der Waals surface area contributed by atoms with E-state index in [1.54, 1.807) is 0 Å². The Morgan fingerprint density at radius 3 is 2.78 bits per heavy atom. The molecule has 1 fully saturated rings. The Morgan fingerprint density at radius 1 is 1.33 bits per heavy atom. The van der Waals surface area contributed by atoms with Crippen LogP contribution < -0.4 is 0 Å². The summed E-state index contributed by atoms with van der Waals surface area (Å²) in [4.78, 5) is 2.49. The Balaban J connectivity index is 2.10. The molecule has 0 aromatic heterocycles. The lowest BCUT2D eigenvalue weighted by molar-refractivity contribution is 0.284. The molecule has 1 N–H and O–H groups in total. The molecular formula is C16H21NO. The zero-order valence-electron chi connectivity index (χ0n) is 11.2. The molecule has 1 aromatic carbocycles. The lowest BCUT2D eigenvalue weighted by Gasteiger charge is -2.20. The lowest BCUT2D eigenvalue weighted by atomic mass is 9.93. The van der Waals surface area contributed by atoms with E-state index in [0.717, 1.165) is 25.2 Å². The van der Waals surface area contributed by atoms with E-state index in [1.165, 1.54) is 12.0 Å². The Labute approximate surface area is 110 Å². The van der Waals surface area contributed by atoms with Crippen molar-refractivity contribution < 1.29 is 5.11 Å². The van der Waals surface area contributed by atoms with Crippen molar-refractivity contribution >= 4 is 0 Å². The average molecular weight is 243 g/mol. The molecule has 1 heterocycles. The maximum Gasteiger partial charge on any atom is 0.104 e. The third kappa shape index (κ3) is 3.35. The molecule has 2 nitrogen and oxygen atoms in total. The van der Waals surface area contributed by atoms with Gasteiger partial charge in [-0.25, -0.2) is 0 Å². The van der Waals surface area contributed by atoms with Gasteiger partial charge in [0.25, 0.3) is 0 Å². The van der Waals surface area contributed by atoms with Crippen molar-refractivity contribution in [1.29, 1.82) is 0 Å². The number of nitrogens with zero attached hydrogens (tertiary/aromatic N) is 1. The van der Waals surface area contributed by atoms with Crippen LogP contribution in [0.3, 0.4) is 0 Å². The van der Waals surface area contributed by atoms with Gasteiger partial charge in [-0.05, 0) is 30.0 Å². The van der Waals surface area contributed by atoms with Crippen molar-refractivity contribution in [3.8, 4) is 11.8 Å². The molecule has 0 atom stereocenters. The first-order valence-corrected chi connectivity index (χ1v) is 6.51. The number of aliphatic hydroxyl groups is 1. The lowest BCUT2D eigenvalue weighted by Crippen LogP contribution is -2.23. The quantitative estimate of drug-likeness (QED) is 0.805. The van der Waals surface area contributed by atoms with Crippen LogP contribution >= 0.6 is 0 Å². The Hall–Kier alpha value is -1.30. The molecule has 0 amide bonds. The molecule has 1 aliphatic rings. The number of hydrogen-bond acceptors (Lipinski definition) is 2. The number of rotatable bonds is 2. The zero-order valence-corrected chi connectivity index (χ0v) is 11.2. The van der Waals surface area contributed by atoms with Gasteiger partial charge in [0.2, 0.25) is 0 Å². The highest BCUT2D eigenvalue weighted by Crippen LogP contribution is 2.30. The summed E-state index contributed by atoms with van der Waals surface area (Å²) < 4.78 is 0. The first-order chi connectivity index (χ1) is 8.61. The number of hydrogen-bond donors (Lipinski definition) is 1. The zero-order chi connectivity index (χ0) is 13.0. The van der Waals surface area contributed by atoms with Crippen molar-refractivity contribution in [3.05, 3.63) is 35.4 Å². The Bertz CT molecular complexity index is 467. The van der Waals surface area contributed by atoms with Gasteiger partial charge in [-0.15, -0.1) is 0 Å². The second-order valence-corrected chi connectivity index (χ2v) is 5.74. The summed E-state index contributed by atoms with van der Waals surface area (Å²) in [5, 5.41) is 8.79. The van der Waals surface area contributed by atoms with E-state index >= 15 is 0 Å². The monoisotopic (exact) mass is 243 g/mol. The molecule has 0 saturated carbocycles. The molecular weight excluding hydrogens is 222 g/mol. The molecule has 0 radical (unpaired) electrons. The van der Waals surface area contributed by atoms with Crippen LogP contribution in [0.2, 0.25) is 0 Å². The molecule has 1 aromatic rings. The van der Waals surface area contributed by atoms with E-state index in [2.05, 4.69) is 42.7 Å². The molecule has 0 bridgehead atoms. The van der Waals surface area contributed by atoms with Crippen molar-refractivity contribution in [1.82, 2.24) is 4.90 Å². The predicted molar refractivity (Wildman–Crippen MR) is 74.1 cm³/mol.